The number of benzene rings is 3. The first-order valence-corrected chi connectivity index (χ1v) is 15.7. The van der Waals surface area contributed by atoms with E-state index in [-0.39, 0.29) is 28.8 Å². The SMILES string of the molecule is CC(C)(C)OC(=O)N1CCC2(CC1)CCN(c1ccc(C(=O)c3c(-c4ccc(O)cc4)sc4cc(O)ccc34)cc1)CC2. The Kier molecular flexibility index (Phi) is 7.59. The van der Waals surface area contributed by atoms with E-state index in [1.165, 1.54) is 11.3 Å². The summed E-state index contributed by atoms with van der Waals surface area (Å²) in [6.45, 7) is 9.09. The van der Waals surface area contributed by atoms with Gasteiger partial charge in [-0.3, -0.25) is 4.79 Å². The van der Waals surface area contributed by atoms with Gasteiger partial charge >= 0.3 is 6.09 Å². The van der Waals surface area contributed by atoms with Gasteiger partial charge in [-0.25, -0.2) is 4.79 Å². The highest BCUT2D eigenvalue weighted by Crippen LogP contribution is 2.43. The van der Waals surface area contributed by atoms with Crippen LogP contribution in [0, 0.1) is 5.41 Å². The molecule has 2 saturated heterocycles. The highest BCUT2D eigenvalue weighted by atomic mass is 32.1. The van der Waals surface area contributed by atoms with Gasteiger partial charge in [-0.15, -0.1) is 11.3 Å². The molecule has 1 spiro atoms. The Bertz CT molecular complexity index is 1630. The number of hydrogen-bond donors (Lipinski definition) is 2. The van der Waals surface area contributed by atoms with Crippen molar-refractivity contribution in [2.75, 3.05) is 31.1 Å². The number of likely N-dealkylation sites (tertiary alicyclic amines) is 1. The number of thiophene rings is 1. The molecular formula is C35H38N2O5S. The molecular weight excluding hydrogens is 560 g/mol. The van der Waals surface area contributed by atoms with Gasteiger partial charge in [-0.1, -0.05) is 0 Å². The fourth-order valence-corrected chi connectivity index (χ4v) is 7.56. The number of piperidine rings is 2. The molecule has 0 saturated carbocycles. The first-order valence-electron chi connectivity index (χ1n) is 14.9. The molecule has 0 radical (unpaired) electrons. The molecule has 0 bridgehead atoms. The van der Waals surface area contributed by atoms with Crippen LogP contribution >= 0.6 is 11.3 Å². The Hall–Kier alpha value is -4.04. The van der Waals surface area contributed by atoms with Gasteiger partial charge in [-0.05, 0) is 124 Å². The monoisotopic (exact) mass is 598 g/mol. The van der Waals surface area contributed by atoms with Crippen molar-refractivity contribution in [1.82, 2.24) is 4.90 Å². The predicted octanol–water partition coefficient (Wildman–Crippen LogP) is 7.83. The molecule has 2 N–H and O–H groups in total. The summed E-state index contributed by atoms with van der Waals surface area (Å²) in [5.41, 5.74) is 2.96. The summed E-state index contributed by atoms with van der Waals surface area (Å²) < 4.78 is 6.41. The third-order valence-corrected chi connectivity index (χ3v) is 10.0. The quantitative estimate of drug-likeness (QED) is 0.233. The van der Waals surface area contributed by atoms with Crippen molar-refractivity contribution in [2.24, 2.45) is 5.41 Å². The van der Waals surface area contributed by atoms with Crippen molar-refractivity contribution in [3.63, 3.8) is 0 Å². The minimum atomic E-state index is -0.478. The zero-order chi connectivity index (χ0) is 30.4. The molecule has 0 aliphatic carbocycles. The van der Waals surface area contributed by atoms with Gasteiger partial charge in [0.1, 0.15) is 17.1 Å². The molecule has 2 aliphatic rings. The van der Waals surface area contributed by atoms with Crippen LogP contribution in [-0.2, 0) is 4.74 Å². The largest absolute Gasteiger partial charge is 0.508 e. The van der Waals surface area contributed by atoms with Crippen LogP contribution < -0.4 is 4.90 Å². The van der Waals surface area contributed by atoms with Gasteiger partial charge in [0.2, 0.25) is 0 Å². The molecule has 3 aromatic carbocycles. The summed E-state index contributed by atoms with van der Waals surface area (Å²) in [7, 11) is 0. The van der Waals surface area contributed by atoms with Gasteiger partial charge in [0.15, 0.2) is 5.78 Å². The normalized spacial score (nSPS) is 16.9. The lowest BCUT2D eigenvalue weighted by Gasteiger charge is -2.47. The molecule has 2 fully saturated rings. The van der Waals surface area contributed by atoms with Crippen LogP contribution in [-0.4, -0.2) is 58.8 Å². The summed E-state index contributed by atoms with van der Waals surface area (Å²) >= 11 is 1.46. The number of carbonyl (C=O) groups is 2. The van der Waals surface area contributed by atoms with E-state index in [0.29, 0.717) is 11.1 Å². The second-order valence-electron chi connectivity index (χ2n) is 12.9. The van der Waals surface area contributed by atoms with Gasteiger partial charge in [-0.2, -0.15) is 0 Å². The second-order valence-corrected chi connectivity index (χ2v) is 13.9. The Labute approximate surface area is 256 Å². The number of anilines is 1. The lowest BCUT2D eigenvalue weighted by molar-refractivity contribution is 0.00665. The number of carbonyl (C=O) groups excluding carboxylic acids is 2. The zero-order valence-electron chi connectivity index (χ0n) is 24.9. The average Bonchev–Trinajstić information content (AvgIpc) is 3.35. The molecule has 43 heavy (non-hydrogen) atoms. The Morgan fingerprint density at radius 2 is 1.42 bits per heavy atom. The van der Waals surface area contributed by atoms with Gasteiger partial charge in [0, 0.05) is 58.0 Å². The van der Waals surface area contributed by atoms with E-state index in [1.54, 1.807) is 30.3 Å². The molecule has 1 amide bonds. The van der Waals surface area contributed by atoms with Crippen molar-refractivity contribution < 1.29 is 24.5 Å². The lowest BCUT2D eigenvalue weighted by Crippen LogP contribution is -2.49. The summed E-state index contributed by atoms with van der Waals surface area (Å²) in [5, 5.41) is 20.7. The fourth-order valence-electron chi connectivity index (χ4n) is 6.32. The molecule has 6 rings (SSSR count). The van der Waals surface area contributed by atoms with Gasteiger partial charge in [0.05, 0.1) is 0 Å². The number of ketones is 1. The number of amides is 1. The first-order chi connectivity index (χ1) is 20.5. The van der Waals surface area contributed by atoms with E-state index in [4.69, 9.17) is 4.74 Å². The van der Waals surface area contributed by atoms with E-state index >= 15 is 0 Å². The number of rotatable bonds is 4. The maximum atomic E-state index is 14.0. The fraction of sp³-hybridized carbons (Fsp3) is 0.371. The molecule has 2 aliphatic heterocycles. The summed E-state index contributed by atoms with van der Waals surface area (Å²) in [6.07, 6.45) is 3.96. The highest BCUT2D eigenvalue weighted by molar-refractivity contribution is 7.22. The maximum absolute atomic E-state index is 14.0. The standard InChI is InChI=1S/C35H38N2O5S/c1-34(2,3)42-33(41)37-20-16-35(17-21-37)14-18-36(19-15-35)25-8-4-23(5-9-25)31(40)30-28-13-12-27(39)22-29(28)43-32(30)24-6-10-26(38)11-7-24/h4-13,22,38-39H,14-21H2,1-3H3. The zero-order valence-corrected chi connectivity index (χ0v) is 25.7. The topological polar surface area (TPSA) is 90.3 Å². The van der Waals surface area contributed by atoms with Gasteiger partial charge in [0.25, 0.3) is 0 Å². The molecule has 0 atom stereocenters. The molecule has 8 heteroatoms. The molecule has 224 valence electrons. The Morgan fingerprint density at radius 1 is 0.814 bits per heavy atom. The smallest absolute Gasteiger partial charge is 0.410 e. The van der Waals surface area contributed by atoms with Crippen molar-refractivity contribution >= 4 is 39.0 Å². The van der Waals surface area contributed by atoms with Crippen LogP contribution in [0.5, 0.6) is 11.5 Å². The highest BCUT2D eigenvalue weighted by Gasteiger charge is 2.39. The van der Waals surface area contributed by atoms with Crippen molar-refractivity contribution in [3.05, 3.63) is 77.9 Å². The second kappa shape index (κ2) is 11.2. The Morgan fingerprint density at radius 3 is 2.05 bits per heavy atom. The minimum absolute atomic E-state index is 0.0686. The maximum Gasteiger partial charge on any atom is 0.410 e. The summed E-state index contributed by atoms with van der Waals surface area (Å²) in [6, 6.07) is 19.9. The van der Waals surface area contributed by atoms with E-state index in [9.17, 15) is 19.8 Å². The van der Waals surface area contributed by atoms with Gasteiger partial charge < -0.3 is 24.7 Å². The molecule has 0 unspecified atom stereocenters. The van der Waals surface area contributed by atoms with Crippen LogP contribution in [0.1, 0.15) is 62.4 Å². The van der Waals surface area contributed by atoms with Crippen molar-refractivity contribution in [3.8, 4) is 21.9 Å². The van der Waals surface area contributed by atoms with Crippen molar-refractivity contribution in [1.29, 1.82) is 0 Å². The minimum Gasteiger partial charge on any atom is -0.508 e. The van der Waals surface area contributed by atoms with E-state index in [0.717, 1.165) is 78.1 Å². The molecule has 7 nitrogen and oxygen atoms in total. The van der Waals surface area contributed by atoms with E-state index < -0.39 is 5.60 Å². The van der Waals surface area contributed by atoms with E-state index in [2.05, 4.69) is 4.90 Å². The van der Waals surface area contributed by atoms with E-state index in [1.807, 2.05) is 62.1 Å². The van der Waals surface area contributed by atoms with Crippen LogP contribution in [0.2, 0.25) is 0 Å². The van der Waals surface area contributed by atoms with Crippen LogP contribution in [0.15, 0.2) is 66.7 Å². The van der Waals surface area contributed by atoms with Crippen LogP contribution in [0.4, 0.5) is 10.5 Å². The number of fused-ring (bicyclic) bond motifs is 1. The third kappa shape index (κ3) is 6.07. The van der Waals surface area contributed by atoms with Crippen LogP contribution in [0.3, 0.4) is 0 Å². The predicted molar refractivity (Wildman–Crippen MR) is 171 cm³/mol. The first kappa shape index (κ1) is 29.1. The average molecular weight is 599 g/mol. The number of nitrogens with zero attached hydrogens (tertiary/aromatic N) is 2. The number of ether oxygens (including phenoxy) is 1. The number of aromatic hydroxyl groups is 2. The number of hydrogen-bond acceptors (Lipinski definition) is 7. The summed E-state index contributed by atoms with van der Waals surface area (Å²) in [5.74, 6) is 0.257. The van der Waals surface area contributed by atoms with Crippen molar-refractivity contribution in [2.45, 2.75) is 52.1 Å². The third-order valence-electron chi connectivity index (χ3n) is 8.82. The van der Waals surface area contributed by atoms with Crippen LogP contribution in [0.25, 0.3) is 20.5 Å². The summed E-state index contributed by atoms with van der Waals surface area (Å²) in [4.78, 5) is 31.5. The molecule has 3 heterocycles. The Balaban J connectivity index is 1.15. The lowest BCUT2D eigenvalue weighted by atomic mass is 9.71. The molecule has 4 aromatic rings. The number of phenols is 2. The number of phenolic OH excluding ortho intramolecular Hbond substituents is 2. The molecule has 1 aromatic heterocycles.